The van der Waals surface area contributed by atoms with E-state index in [1.165, 1.54) is 0 Å². The number of aliphatic hydroxyl groups excluding tert-OH is 1. The highest BCUT2D eigenvalue weighted by Crippen LogP contribution is 2.40. The Bertz CT molecular complexity index is 1360. The molecule has 9 nitrogen and oxygen atoms in total. The molecular formula is C33H37NO8S. The van der Waals surface area contributed by atoms with Crippen molar-refractivity contribution >= 4 is 35.3 Å². The predicted molar refractivity (Wildman–Crippen MR) is 163 cm³/mol. The zero-order valence-electron chi connectivity index (χ0n) is 23.8. The summed E-state index contributed by atoms with van der Waals surface area (Å²) in [5.41, 5.74) is 3.43. The van der Waals surface area contributed by atoms with Crippen molar-refractivity contribution in [2.45, 2.75) is 74.9 Å². The van der Waals surface area contributed by atoms with Crippen LogP contribution in [0.4, 0.5) is 5.69 Å². The SMILES string of the molecule is O=C(O)CCCCCCC(=O)Nc1cccc([C@@H]2O[C@H](CSc3ccc(C(=O)O)cc3)C[C@H](c3ccc(CO)cc3)O2)c1. The molecule has 1 aliphatic rings. The number of thioether (sulfide) groups is 1. The number of nitrogens with one attached hydrogen (secondary N) is 1. The zero-order valence-corrected chi connectivity index (χ0v) is 24.6. The summed E-state index contributed by atoms with van der Waals surface area (Å²) >= 11 is 1.58. The second-order valence-corrected chi connectivity index (χ2v) is 11.6. The number of hydrogen-bond acceptors (Lipinski definition) is 7. The molecule has 228 valence electrons. The van der Waals surface area contributed by atoms with Gasteiger partial charge in [0.15, 0.2) is 6.29 Å². The second-order valence-electron chi connectivity index (χ2n) is 10.5. The van der Waals surface area contributed by atoms with Gasteiger partial charge >= 0.3 is 11.9 Å². The molecule has 0 spiro atoms. The first kappa shape index (κ1) is 32.2. The van der Waals surface area contributed by atoms with Gasteiger partial charge in [0, 0.05) is 41.2 Å². The Morgan fingerprint density at radius 2 is 1.56 bits per heavy atom. The molecule has 1 amide bonds. The standard InChI is InChI=1S/C33H37NO8S/c35-20-22-10-12-23(13-11-22)29-19-27(21-43-28-16-14-24(15-17-28)32(39)40)41-33(42-29)25-6-5-7-26(18-25)34-30(36)8-3-1-2-4-9-31(37)38/h5-7,10-18,27,29,33,35H,1-4,8-9,19-21H2,(H,34,36)(H,37,38)(H,39,40)/t27-,29+,33+/m0/s1. The van der Waals surface area contributed by atoms with Gasteiger partial charge in [-0.05, 0) is 60.4 Å². The number of aliphatic carboxylic acids is 1. The van der Waals surface area contributed by atoms with Crippen LogP contribution in [0.1, 0.15) is 84.4 Å². The van der Waals surface area contributed by atoms with Crippen LogP contribution in [0, 0.1) is 0 Å². The largest absolute Gasteiger partial charge is 0.481 e. The summed E-state index contributed by atoms with van der Waals surface area (Å²) in [7, 11) is 0. The van der Waals surface area contributed by atoms with E-state index in [9.17, 15) is 24.6 Å². The van der Waals surface area contributed by atoms with Crippen molar-refractivity contribution < 1.29 is 39.2 Å². The van der Waals surface area contributed by atoms with Crippen LogP contribution in [0.5, 0.6) is 0 Å². The van der Waals surface area contributed by atoms with E-state index in [4.69, 9.17) is 14.6 Å². The Hall–Kier alpha value is -3.70. The first-order valence-electron chi connectivity index (χ1n) is 14.4. The summed E-state index contributed by atoms with van der Waals surface area (Å²) in [6, 6.07) is 21.8. The average molecular weight is 608 g/mol. The van der Waals surface area contributed by atoms with Crippen LogP contribution < -0.4 is 5.32 Å². The molecule has 0 bridgehead atoms. The fourth-order valence-electron chi connectivity index (χ4n) is 4.81. The summed E-state index contributed by atoms with van der Waals surface area (Å²) in [5, 5.41) is 30.3. The van der Waals surface area contributed by atoms with E-state index in [1.807, 2.05) is 48.5 Å². The van der Waals surface area contributed by atoms with Gasteiger partial charge in [0.2, 0.25) is 5.91 Å². The number of aliphatic hydroxyl groups is 1. The number of rotatable bonds is 15. The number of benzene rings is 3. The van der Waals surface area contributed by atoms with E-state index in [1.54, 1.807) is 36.0 Å². The second kappa shape index (κ2) is 16.2. The van der Waals surface area contributed by atoms with Crippen molar-refractivity contribution in [1.82, 2.24) is 0 Å². The van der Waals surface area contributed by atoms with Crippen molar-refractivity contribution in [3.63, 3.8) is 0 Å². The lowest BCUT2D eigenvalue weighted by Crippen LogP contribution is -2.31. The average Bonchev–Trinajstić information content (AvgIpc) is 3.01. The summed E-state index contributed by atoms with van der Waals surface area (Å²) in [5.74, 6) is -1.24. The fraction of sp³-hybridized carbons (Fsp3) is 0.364. The number of hydrogen-bond donors (Lipinski definition) is 4. The van der Waals surface area contributed by atoms with Crippen molar-refractivity contribution in [3.05, 3.63) is 95.1 Å². The molecule has 3 aromatic rings. The van der Waals surface area contributed by atoms with Crippen molar-refractivity contribution in [3.8, 4) is 0 Å². The minimum atomic E-state index is -0.964. The molecular weight excluding hydrogens is 570 g/mol. The Labute approximate surface area is 255 Å². The Morgan fingerprint density at radius 1 is 0.837 bits per heavy atom. The molecule has 3 aromatic carbocycles. The quantitative estimate of drug-likeness (QED) is 0.111. The van der Waals surface area contributed by atoms with E-state index in [0.717, 1.165) is 34.4 Å². The number of unbranched alkanes of at least 4 members (excludes halogenated alkanes) is 3. The van der Waals surface area contributed by atoms with E-state index in [0.29, 0.717) is 37.1 Å². The summed E-state index contributed by atoms with van der Waals surface area (Å²) in [6.45, 7) is -0.0410. The molecule has 1 heterocycles. The van der Waals surface area contributed by atoms with Crippen LogP contribution in [0.15, 0.2) is 77.7 Å². The van der Waals surface area contributed by atoms with Gasteiger partial charge < -0.3 is 30.1 Å². The summed E-state index contributed by atoms with van der Waals surface area (Å²) in [4.78, 5) is 35.3. The lowest BCUT2D eigenvalue weighted by molar-refractivity contribution is -0.245. The van der Waals surface area contributed by atoms with Gasteiger partial charge in [-0.2, -0.15) is 0 Å². The fourth-order valence-corrected chi connectivity index (χ4v) is 5.73. The molecule has 0 aromatic heterocycles. The normalized spacial score (nSPS) is 18.2. The molecule has 1 saturated heterocycles. The third-order valence-corrected chi connectivity index (χ3v) is 8.28. The van der Waals surface area contributed by atoms with Gasteiger partial charge in [-0.1, -0.05) is 49.2 Å². The Morgan fingerprint density at radius 3 is 2.23 bits per heavy atom. The third-order valence-electron chi connectivity index (χ3n) is 7.14. The highest BCUT2D eigenvalue weighted by Gasteiger charge is 2.32. The van der Waals surface area contributed by atoms with E-state index >= 15 is 0 Å². The number of amides is 1. The van der Waals surface area contributed by atoms with Crippen LogP contribution in [0.2, 0.25) is 0 Å². The minimum absolute atomic E-state index is 0.0410. The topological polar surface area (TPSA) is 142 Å². The lowest BCUT2D eigenvalue weighted by Gasteiger charge is -2.36. The van der Waals surface area contributed by atoms with Gasteiger partial charge in [0.25, 0.3) is 0 Å². The Kier molecular flexibility index (Phi) is 12.2. The van der Waals surface area contributed by atoms with E-state index in [2.05, 4.69) is 5.32 Å². The molecule has 10 heteroatoms. The number of anilines is 1. The highest BCUT2D eigenvalue weighted by molar-refractivity contribution is 7.99. The molecule has 3 atom stereocenters. The van der Waals surface area contributed by atoms with Crippen molar-refractivity contribution in [2.75, 3.05) is 11.1 Å². The van der Waals surface area contributed by atoms with Crippen LogP contribution in [0.3, 0.4) is 0 Å². The van der Waals surface area contributed by atoms with Crippen LogP contribution in [0.25, 0.3) is 0 Å². The van der Waals surface area contributed by atoms with Gasteiger partial charge in [-0.3, -0.25) is 9.59 Å². The maximum Gasteiger partial charge on any atom is 0.335 e. The molecule has 43 heavy (non-hydrogen) atoms. The maximum absolute atomic E-state index is 12.5. The molecule has 0 saturated carbocycles. The highest BCUT2D eigenvalue weighted by atomic mass is 32.2. The predicted octanol–water partition coefficient (Wildman–Crippen LogP) is 6.58. The summed E-state index contributed by atoms with van der Waals surface area (Å²) in [6.07, 6.45) is 2.89. The minimum Gasteiger partial charge on any atom is -0.481 e. The van der Waals surface area contributed by atoms with Crippen molar-refractivity contribution in [1.29, 1.82) is 0 Å². The van der Waals surface area contributed by atoms with E-state index in [-0.39, 0.29) is 36.7 Å². The summed E-state index contributed by atoms with van der Waals surface area (Å²) < 4.78 is 12.8. The monoisotopic (exact) mass is 607 g/mol. The number of carbonyl (C=O) groups excluding carboxylic acids is 1. The number of carboxylic acid groups (broad SMARTS) is 2. The van der Waals surface area contributed by atoms with Crippen LogP contribution in [-0.4, -0.2) is 45.0 Å². The lowest BCUT2D eigenvalue weighted by atomic mass is 10.0. The number of ether oxygens (including phenoxy) is 2. The number of carboxylic acids is 2. The van der Waals surface area contributed by atoms with Gasteiger partial charge in [0.1, 0.15) is 0 Å². The van der Waals surface area contributed by atoms with Crippen LogP contribution in [-0.2, 0) is 25.7 Å². The number of aromatic carboxylic acids is 1. The van der Waals surface area contributed by atoms with Crippen LogP contribution >= 0.6 is 11.8 Å². The molecule has 0 radical (unpaired) electrons. The molecule has 0 unspecified atom stereocenters. The van der Waals surface area contributed by atoms with Gasteiger partial charge in [0.05, 0.1) is 24.4 Å². The van der Waals surface area contributed by atoms with Crippen molar-refractivity contribution in [2.24, 2.45) is 0 Å². The molecule has 4 rings (SSSR count). The molecule has 1 fully saturated rings. The molecule has 0 aliphatic carbocycles. The third kappa shape index (κ3) is 10.2. The first-order chi connectivity index (χ1) is 20.8. The number of carbonyl (C=O) groups is 3. The molecule has 1 aliphatic heterocycles. The smallest absolute Gasteiger partial charge is 0.335 e. The maximum atomic E-state index is 12.5. The van der Waals surface area contributed by atoms with Gasteiger partial charge in [-0.25, -0.2) is 4.79 Å². The van der Waals surface area contributed by atoms with E-state index < -0.39 is 18.2 Å². The zero-order chi connectivity index (χ0) is 30.6. The Balaban J connectivity index is 1.41. The first-order valence-corrected chi connectivity index (χ1v) is 15.4. The molecule has 4 N–H and O–H groups in total. The van der Waals surface area contributed by atoms with Gasteiger partial charge in [-0.15, -0.1) is 11.8 Å².